The number of hydrogen-bond donors (Lipinski definition) is 2. The van der Waals surface area contributed by atoms with E-state index in [0.717, 1.165) is 11.3 Å². The van der Waals surface area contributed by atoms with Gasteiger partial charge in [0.1, 0.15) is 5.15 Å². The van der Waals surface area contributed by atoms with E-state index in [-0.39, 0.29) is 25.5 Å². The quantitative estimate of drug-likeness (QED) is 0.745. The predicted octanol–water partition coefficient (Wildman–Crippen LogP) is 0.828. The number of halogens is 1. The lowest BCUT2D eigenvalue weighted by Crippen LogP contribution is -2.35. The lowest BCUT2D eigenvalue weighted by atomic mass is 10.2. The SMILES string of the molecule is Cc1nn(C)c(Cl)c1CC(=O)NCC(O)COCC1CC1. The molecule has 1 aromatic rings. The van der Waals surface area contributed by atoms with Crippen LogP contribution in [0.15, 0.2) is 0 Å². The summed E-state index contributed by atoms with van der Waals surface area (Å²) in [5, 5.41) is 17.0. The molecule has 118 valence electrons. The molecule has 0 radical (unpaired) electrons. The summed E-state index contributed by atoms with van der Waals surface area (Å²) in [4.78, 5) is 11.9. The molecule has 0 spiro atoms. The molecule has 1 aliphatic carbocycles. The van der Waals surface area contributed by atoms with Crippen LogP contribution in [0.3, 0.4) is 0 Å². The second-order valence-corrected chi connectivity index (χ2v) is 5.95. The number of aromatic nitrogens is 2. The van der Waals surface area contributed by atoms with Crippen LogP contribution in [0, 0.1) is 12.8 Å². The number of ether oxygens (including phenoxy) is 1. The highest BCUT2D eigenvalue weighted by Gasteiger charge is 2.21. The molecule has 1 unspecified atom stereocenters. The molecule has 0 aromatic carbocycles. The van der Waals surface area contributed by atoms with Crippen LogP contribution in [0.2, 0.25) is 5.15 Å². The zero-order valence-corrected chi connectivity index (χ0v) is 13.2. The number of rotatable bonds is 8. The van der Waals surface area contributed by atoms with Crippen molar-refractivity contribution in [2.45, 2.75) is 32.3 Å². The zero-order valence-electron chi connectivity index (χ0n) is 12.4. The molecule has 6 nitrogen and oxygen atoms in total. The Labute approximate surface area is 129 Å². The highest BCUT2D eigenvalue weighted by Crippen LogP contribution is 2.28. The van der Waals surface area contributed by atoms with Gasteiger partial charge in [0.05, 0.1) is 24.8 Å². The van der Waals surface area contributed by atoms with Crippen molar-refractivity contribution in [2.75, 3.05) is 19.8 Å². The average Bonchev–Trinajstić information content (AvgIpc) is 3.21. The molecule has 21 heavy (non-hydrogen) atoms. The lowest BCUT2D eigenvalue weighted by molar-refractivity contribution is -0.121. The Morgan fingerprint density at radius 3 is 2.90 bits per heavy atom. The fourth-order valence-electron chi connectivity index (χ4n) is 2.04. The van der Waals surface area contributed by atoms with Crippen molar-refractivity contribution in [3.05, 3.63) is 16.4 Å². The standard InChI is InChI=1S/C14H22ClN3O3/c1-9-12(14(15)18(2)17-9)5-13(20)16-6-11(19)8-21-7-10-3-4-10/h10-11,19H,3-8H2,1-2H3,(H,16,20). The molecule has 2 rings (SSSR count). The topological polar surface area (TPSA) is 76.4 Å². The van der Waals surface area contributed by atoms with Gasteiger partial charge in [-0.3, -0.25) is 9.48 Å². The highest BCUT2D eigenvalue weighted by molar-refractivity contribution is 6.30. The number of nitrogens with zero attached hydrogens (tertiary/aromatic N) is 2. The van der Waals surface area contributed by atoms with Crippen molar-refractivity contribution in [2.24, 2.45) is 13.0 Å². The van der Waals surface area contributed by atoms with E-state index in [1.54, 1.807) is 11.7 Å². The minimum Gasteiger partial charge on any atom is -0.389 e. The van der Waals surface area contributed by atoms with Crippen LogP contribution in [-0.2, 0) is 23.0 Å². The van der Waals surface area contributed by atoms with Gasteiger partial charge in [0.15, 0.2) is 0 Å². The third-order valence-corrected chi connectivity index (χ3v) is 3.98. The molecule has 7 heteroatoms. The summed E-state index contributed by atoms with van der Waals surface area (Å²) in [7, 11) is 1.73. The Morgan fingerprint density at radius 1 is 1.62 bits per heavy atom. The van der Waals surface area contributed by atoms with E-state index in [2.05, 4.69) is 10.4 Å². The molecule has 1 aromatic heterocycles. The van der Waals surface area contributed by atoms with Crippen LogP contribution >= 0.6 is 11.6 Å². The van der Waals surface area contributed by atoms with Crippen LogP contribution in [-0.4, -0.2) is 46.7 Å². The average molecular weight is 316 g/mol. The maximum atomic E-state index is 11.9. The first-order valence-corrected chi connectivity index (χ1v) is 7.55. The van der Waals surface area contributed by atoms with Crippen LogP contribution in [0.1, 0.15) is 24.1 Å². The fourth-order valence-corrected chi connectivity index (χ4v) is 2.28. The molecular weight excluding hydrogens is 294 g/mol. The minimum absolute atomic E-state index is 0.161. The molecule has 1 fully saturated rings. The van der Waals surface area contributed by atoms with Crippen LogP contribution in [0.25, 0.3) is 0 Å². The molecule has 0 aliphatic heterocycles. The molecule has 0 saturated heterocycles. The summed E-state index contributed by atoms with van der Waals surface area (Å²) in [5.41, 5.74) is 1.46. The third kappa shape index (κ3) is 4.98. The minimum atomic E-state index is -0.682. The van der Waals surface area contributed by atoms with Crippen molar-refractivity contribution in [1.29, 1.82) is 0 Å². The first-order valence-electron chi connectivity index (χ1n) is 7.17. The Kier molecular flexibility index (Phi) is 5.61. The van der Waals surface area contributed by atoms with E-state index in [0.29, 0.717) is 17.7 Å². The molecule has 0 bridgehead atoms. The van der Waals surface area contributed by atoms with E-state index >= 15 is 0 Å². The van der Waals surface area contributed by atoms with Crippen molar-refractivity contribution >= 4 is 17.5 Å². The maximum Gasteiger partial charge on any atom is 0.224 e. The number of carbonyl (C=O) groups is 1. The normalized spacial score (nSPS) is 16.0. The van der Waals surface area contributed by atoms with Crippen LogP contribution < -0.4 is 5.32 Å². The van der Waals surface area contributed by atoms with Gasteiger partial charge in [-0.05, 0) is 25.7 Å². The number of amides is 1. The van der Waals surface area contributed by atoms with E-state index in [9.17, 15) is 9.90 Å². The van der Waals surface area contributed by atoms with Crippen molar-refractivity contribution in [3.8, 4) is 0 Å². The number of carbonyl (C=O) groups excluding carboxylic acids is 1. The van der Waals surface area contributed by atoms with Gasteiger partial charge >= 0.3 is 0 Å². The summed E-state index contributed by atoms with van der Waals surface area (Å²) in [6.45, 7) is 2.95. The van der Waals surface area contributed by atoms with E-state index in [1.807, 2.05) is 6.92 Å². The van der Waals surface area contributed by atoms with Gasteiger partial charge in [-0.15, -0.1) is 0 Å². The smallest absolute Gasteiger partial charge is 0.224 e. The van der Waals surface area contributed by atoms with E-state index in [1.165, 1.54) is 12.8 Å². The highest BCUT2D eigenvalue weighted by atomic mass is 35.5. The molecular formula is C14H22ClN3O3. The Bertz CT molecular complexity index is 500. The van der Waals surface area contributed by atoms with Gasteiger partial charge in [0.25, 0.3) is 0 Å². The molecule has 1 atom stereocenters. The van der Waals surface area contributed by atoms with Gasteiger partial charge in [-0.1, -0.05) is 11.6 Å². The van der Waals surface area contributed by atoms with Gasteiger partial charge in [0, 0.05) is 25.8 Å². The van der Waals surface area contributed by atoms with Crippen molar-refractivity contribution < 1.29 is 14.6 Å². The van der Waals surface area contributed by atoms with Crippen molar-refractivity contribution in [3.63, 3.8) is 0 Å². The lowest BCUT2D eigenvalue weighted by Gasteiger charge is -2.12. The summed E-state index contributed by atoms with van der Waals surface area (Å²) >= 11 is 6.08. The summed E-state index contributed by atoms with van der Waals surface area (Å²) in [5.74, 6) is 0.483. The van der Waals surface area contributed by atoms with Gasteiger partial charge in [-0.2, -0.15) is 5.10 Å². The first-order chi connectivity index (χ1) is 9.97. The molecule has 2 N–H and O–H groups in total. The monoisotopic (exact) mass is 315 g/mol. The molecule has 1 aliphatic rings. The summed E-state index contributed by atoms with van der Waals surface area (Å²) < 4.78 is 6.92. The summed E-state index contributed by atoms with van der Waals surface area (Å²) in [6.07, 6.45) is 1.92. The largest absolute Gasteiger partial charge is 0.389 e. The molecule has 1 saturated carbocycles. The first kappa shape index (κ1) is 16.3. The Balaban J connectivity index is 1.68. The number of nitrogens with one attached hydrogen (secondary N) is 1. The van der Waals surface area contributed by atoms with Crippen molar-refractivity contribution in [1.82, 2.24) is 15.1 Å². The fraction of sp³-hybridized carbons (Fsp3) is 0.714. The Morgan fingerprint density at radius 2 is 2.33 bits per heavy atom. The maximum absolute atomic E-state index is 11.9. The number of hydrogen-bond acceptors (Lipinski definition) is 4. The van der Waals surface area contributed by atoms with Gasteiger partial charge in [0.2, 0.25) is 5.91 Å². The van der Waals surface area contributed by atoms with E-state index in [4.69, 9.17) is 16.3 Å². The van der Waals surface area contributed by atoms with E-state index < -0.39 is 6.10 Å². The zero-order chi connectivity index (χ0) is 15.4. The second-order valence-electron chi connectivity index (χ2n) is 5.59. The molecule has 1 heterocycles. The summed E-state index contributed by atoms with van der Waals surface area (Å²) in [6, 6.07) is 0. The van der Waals surface area contributed by atoms with Crippen LogP contribution in [0.4, 0.5) is 0 Å². The van der Waals surface area contributed by atoms with Gasteiger partial charge < -0.3 is 15.2 Å². The number of aryl methyl sites for hydroxylation is 2. The number of aliphatic hydroxyl groups is 1. The third-order valence-electron chi connectivity index (χ3n) is 3.50. The second kappa shape index (κ2) is 7.24. The number of aliphatic hydroxyl groups excluding tert-OH is 1. The van der Waals surface area contributed by atoms with Crippen LogP contribution in [0.5, 0.6) is 0 Å². The van der Waals surface area contributed by atoms with Gasteiger partial charge in [-0.25, -0.2) is 0 Å². The Hall–Kier alpha value is -1.11. The molecule has 1 amide bonds. The predicted molar refractivity (Wildman–Crippen MR) is 79.2 cm³/mol.